The summed E-state index contributed by atoms with van der Waals surface area (Å²) in [5.41, 5.74) is 2.96. The summed E-state index contributed by atoms with van der Waals surface area (Å²) in [6.45, 7) is 8.51. The first-order valence-corrected chi connectivity index (χ1v) is 4.11. The van der Waals surface area contributed by atoms with Gasteiger partial charge in [0, 0.05) is 18.2 Å². The van der Waals surface area contributed by atoms with Crippen LogP contribution in [-0.2, 0) is 0 Å². The molecule has 0 spiro atoms. The standard InChI is InChI=1S/C10H17N/c1-8-5-6-9(11-4)10(2,3)7-8/h6,11H,1,5,7H2,2-4H3. The molecular weight excluding hydrogens is 134 g/mol. The van der Waals surface area contributed by atoms with E-state index in [1.165, 1.54) is 11.3 Å². The Morgan fingerprint density at radius 1 is 1.55 bits per heavy atom. The average molecular weight is 151 g/mol. The zero-order valence-corrected chi connectivity index (χ0v) is 7.70. The predicted octanol–water partition coefficient (Wildman–Crippen LogP) is 2.47. The number of hydrogen-bond donors (Lipinski definition) is 1. The zero-order chi connectivity index (χ0) is 8.48. The summed E-state index contributed by atoms with van der Waals surface area (Å²) in [4.78, 5) is 0. The monoisotopic (exact) mass is 151 g/mol. The van der Waals surface area contributed by atoms with Gasteiger partial charge in [0.05, 0.1) is 0 Å². The molecule has 0 radical (unpaired) electrons. The number of hydrogen-bond acceptors (Lipinski definition) is 1. The lowest BCUT2D eigenvalue weighted by atomic mass is 9.77. The van der Waals surface area contributed by atoms with E-state index >= 15 is 0 Å². The highest BCUT2D eigenvalue weighted by Gasteiger charge is 2.26. The highest BCUT2D eigenvalue weighted by Crippen LogP contribution is 2.36. The van der Waals surface area contributed by atoms with E-state index in [-0.39, 0.29) is 5.41 Å². The molecule has 0 fully saturated rings. The van der Waals surface area contributed by atoms with E-state index in [0.717, 1.165) is 12.8 Å². The Morgan fingerprint density at radius 3 is 2.64 bits per heavy atom. The Kier molecular flexibility index (Phi) is 2.08. The fourth-order valence-corrected chi connectivity index (χ4v) is 1.76. The third-order valence-corrected chi connectivity index (χ3v) is 2.29. The van der Waals surface area contributed by atoms with Gasteiger partial charge < -0.3 is 5.32 Å². The van der Waals surface area contributed by atoms with Gasteiger partial charge in [0.2, 0.25) is 0 Å². The van der Waals surface area contributed by atoms with Crippen LogP contribution < -0.4 is 5.32 Å². The molecular formula is C10H17N. The van der Waals surface area contributed by atoms with Crippen LogP contribution in [0, 0.1) is 5.41 Å². The van der Waals surface area contributed by atoms with E-state index in [0.29, 0.717) is 0 Å². The van der Waals surface area contributed by atoms with Crippen molar-refractivity contribution in [2.45, 2.75) is 26.7 Å². The van der Waals surface area contributed by atoms with Gasteiger partial charge in [-0.2, -0.15) is 0 Å². The minimum absolute atomic E-state index is 0.268. The van der Waals surface area contributed by atoms with Gasteiger partial charge in [-0.25, -0.2) is 0 Å². The molecule has 1 rings (SSSR count). The van der Waals surface area contributed by atoms with Crippen molar-refractivity contribution in [3.05, 3.63) is 23.9 Å². The van der Waals surface area contributed by atoms with E-state index in [4.69, 9.17) is 0 Å². The van der Waals surface area contributed by atoms with Gasteiger partial charge in [0.1, 0.15) is 0 Å². The van der Waals surface area contributed by atoms with Gasteiger partial charge in [-0.3, -0.25) is 0 Å². The molecule has 0 atom stereocenters. The molecule has 1 aliphatic rings. The molecule has 11 heavy (non-hydrogen) atoms. The molecule has 1 aliphatic carbocycles. The number of rotatable bonds is 1. The van der Waals surface area contributed by atoms with Crippen LogP contribution in [-0.4, -0.2) is 7.05 Å². The summed E-state index contributed by atoms with van der Waals surface area (Å²) in [5, 5.41) is 3.23. The summed E-state index contributed by atoms with van der Waals surface area (Å²) in [6.07, 6.45) is 4.39. The lowest BCUT2D eigenvalue weighted by Crippen LogP contribution is -2.27. The first-order valence-electron chi connectivity index (χ1n) is 4.11. The van der Waals surface area contributed by atoms with Crippen LogP contribution in [0.4, 0.5) is 0 Å². The minimum Gasteiger partial charge on any atom is -0.391 e. The Labute approximate surface area is 69.2 Å². The third kappa shape index (κ3) is 1.65. The SMILES string of the molecule is C=C1CC=C(NC)C(C)(C)C1. The Morgan fingerprint density at radius 2 is 2.18 bits per heavy atom. The lowest BCUT2D eigenvalue weighted by Gasteiger charge is -2.32. The van der Waals surface area contributed by atoms with E-state index in [1.807, 2.05) is 7.05 Å². The highest BCUT2D eigenvalue weighted by molar-refractivity contribution is 5.22. The molecule has 0 aromatic carbocycles. The van der Waals surface area contributed by atoms with Crippen LogP contribution in [0.3, 0.4) is 0 Å². The van der Waals surface area contributed by atoms with Crippen molar-refractivity contribution >= 4 is 0 Å². The predicted molar refractivity (Wildman–Crippen MR) is 49.3 cm³/mol. The highest BCUT2D eigenvalue weighted by atomic mass is 14.9. The Hall–Kier alpha value is -0.720. The van der Waals surface area contributed by atoms with Crippen molar-refractivity contribution in [2.24, 2.45) is 5.41 Å². The summed E-state index contributed by atoms with van der Waals surface area (Å²) < 4.78 is 0. The molecule has 0 aliphatic heterocycles. The van der Waals surface area contributed by atoms with Crippen LogP contribution in [0.25, 0.3) is 0 Å². The molecule has 0 amide bonds. The number of nitrogens with one attached hydrogen (secondary N) is 1. The van der Waals surface area contributed by atoms with Crippen molar-refractivity contribution < 1.29 is 0 Å². The van der Waals surface area contributed by atoms with Crippen molar-refractivity contribution in [3.8, 4) is 0 Å². The van der Waals surface area contributed by atoms with Gasteiger partial charge in [0.15, 0.2) is 0 Å². The quantitative estimate of drug-likeness (QED) is 0.568. The maximum Gasteiger partial charge on any atom is 0.0127 e. The van der Waals surface area contributed by atoms with Crippen LogP contribution >= 0.6 is 0 Å². The van der Waals surface area contributed by atoms with Gasteiger partial charge in [0.25, 0.3) is 0 Å². The fraction of sp³-hybridized carbons (Fsp3) is 0.600. The summed E-state index contributed by atoms with van der Waals surface area (Å²) in [6, 6.07) is 0. The smallest absolute Gasteiger partial charge is 0.0127 e. The van der Waals surface area contributed by atoms with E-state index in [2.05, 4.69) is 31.8 Å². The maximum atomic E-state index is 4.01. The second-order valence-electron chi connectivity index (χ2n) is 3.88. The molecule has 1 nitrogen and oxygen atoms in total. The molecule has 1 heteroatoms. The summed E-state index contributed by atoms with van der Waals surface area (Å²) in [7, 11) is 1.99. The molecule has 0 unspecified atom stereocenters. The van der Waals surface area contributed by atoms with Gasteiger partial charge in [-0.15, -0.1) is 0 Å². The molecule has 0 aromatic rings. The van der Waals surface area contributed by atoms with E-state index in [1.54, 1.807) is 0 Å². The lowest BCUT2D eigenvalue weighted by molar-refractivity contribution is 0.401. The largest absolute Gasteiger partial charge is 0.391 e. The first-order chi connectivity index (χ1) is 5.06. The molecule has 1 N–H and O–H groups in total. The van der Waals surface area contributed by atoms with Crippen LogP contribution in [0.15, 0.2) is 23.9 Å². The number of allylic oxidation sites excluding steroid dienone is 3. The van der Waals surface area contributed by atoms with Crippen molar-refractivity contribution in [1.29, 1.82) is 0 Å². The minimum atomic E-state index is 0.268. The topological polar surface area (TPSA) is 12.0 Å². The van der Waals surface area contributed by atoms with Gasteiger partial charge in [-0.05, 0) is 12.8 Å². The van der Waals surface area contributed by atoms with Crippen molar-refractivity contribution in [3.63, 3.8) is 0 Å². The molecule has 0 saturated heterocycles. The second-order valence-corrected chi connectivity index (χ2v) is 3.88. The maximum absolute atomic E-state index is 4.01. The Balaban J connectivity index is 2.85. The van der Waals surface area contributed by atoms with E-state index < -0.39 is 0 Å². The normalized spacial score (nSPS) is 22.8. The van der Waals surface area contributed by atoms with Crippen molar-refractivity contribution in [2.75, 3.05) is 7.05 Å². The van der Waals surface area contributed by atoms with E-state index in [9.17, 15) is 0 Å². The average Bonchev–Trinajstić information content (AvgIpc) is 1.85. The van der Waals surface area contributed by atoms with Gasteiger partial charge >= 0.3 is 0 Å². The molecule has 0 bridgehead atoms. The fourth-order valence-electron chi connectivity index (χ4n) is 1.76. The summed E-state index contributed by atoms with van der Waals surface area (Å²) >= 11 is 0. The summed E-state index contributed by atoms with van der Waals surface area (Å²) in [5.74, 6) is 0. The van der Waals surface area contributed by atoms with Crippen LogP contribution in [0.2, 0.25) is 0 Å². The molecule has 0 aromatic heterocycles. The molecule has 0 saturated carbocycles. The molecule has 62 valence electrons. The first kappa shape index (κ1) is 8.38. The second kappa shape index (κ2) is 2.72. The molecule has 0 heterocycles. The van der Waals surface area contributed by atoms with Crippen LogP contribution in [0.1, 0.15) is 26.7 Å². The van der Waals surface area contributed by atoms with Crippen molar-refractivity contribution in [1.82, 2.24) is 5.32 Å². The zero-order valence-electron chi connectivity index (χ0n) is 7.70. The third-order valence-electron chi connectivity index (χ3n) is 2.29. The Bertz CT molecular complexity index is 199. The van der Waals surface area contributed by atoms with Gasteiger partial charge in [-0.1, -0.05) is 32.1 Å². The van der Waals surface area contributed by atoms with Crippen LogP contribution in [0.5, 0.6) is 0 Å².